The van der Waals surface area contributed by atoms with Crippen LogP contribution in [0.2, 0.25) is 0 Å². The lowest BCUT2D eigenvalue weighted by Crippen LogP contribution is -2.70. The van der Waals surface area contributed by atoms with E-state index in [2.05, 4.69) is 5.32 Å². The number of carbonyl (C=O) groups is 2. The Morgan fingerprint density at radius 3 is 2.32 bits per heavy atom. The van der Waals surface area contributed by atoms with Gasteiger partial charge in [0, 0.05) is 25.5 Å². The van der Waals surface area contributed by atoms with Crippen LogP contribution >= 0.6 is 0 Å². The average Bonchev–Trinajstić information content (AvgIpc) is 2.92. The van der Waals surface area contributed by atoms with Gasteiger partial charge in [-0.15, -0.1) is 0 Å². The minimum absolute atomic E-state index is 0.0527. The number of aliphatic carboxylic acids is 1. The summed E-state index contributed by atoms with van der Waals surface area (Å²) in [4.78, 5) is 34.4. The van der Waals surface area contributed by atoms with Crippen molar-refractivity contribution in [1.82, 2.24) is 5.32 Å². The molecule has 0 bridgehead atoms. The molecule has 2 heterocycles. The van der Waals surface area contributed by atoms with Gasteiger partial charge in [-0.2, -0.15) is 0 Å². The number of carboxylic acids is 1. The fourth-order valence-corrected chi connectivity index (χ4v) is 4.54. The number of rotatable bonds is 11. The molecule has 0 spiro atoms. The van der Waals surface area contributed by atoms with E-state index in [-0.39, 0.29) is 11.4 Å². The quantitative estimate of drug-likeness (QED) is 0.0872. The number of benzene rings is 1. The van der Waals surface area contributed by atoms with Crippen LogP contribution in [-0.4, -0.2) is 138 Å². The number of non-ortho nitro benzene ring substituents is 1. The van der Waals surface area contributed by atoms with Crippen LogP contribution in [0.5, 0.6) is 5.75 Å². The molecule has 0 aliphatic carbocycles. The predicted octanol–water partition coefficient (Wildman–Crippen LogP) is -4.05. The summed E-state index contributed by atoms with van der Waals surface area (Å²) in [6, 6.07) is 3.02. The first kappa shape index (κ1) is 32.5. The van der Waals surface area contributed by atoms with Crippen molar-refractivity contribution < 1.29 is 74.3 Å². The van der Waals surface area contributed by atoms with Gasteiger partial charge in [0.1, 0.15) is 48.5 Å². The second kappa shape index (κ2) is 13.3. The summed E-state index contributed by atoms with van der Waals surface area (Å²) in [6.07, 6.45) is -17.7. The molecule has 11 atom stereocenters. The molecule has 2 aliphatic rings. The lowest BCUT2D eigenvalue weighted by molar-refractivity contribution is -0.384. The number of nitrogens with one attached hydrogen (secondary N) is 1. The van der Waals surface area contributed by atoms with Gasteiger partial charge < -0.3 is 65.1 Å². The molecule has 9 N–H and O–H groups in total. The number of carboxylic acid groups (broad SMARTS) is 1. The van der Waals surface area contributed by atoms with E-state index in [0.717, 1.165) is 19.1 Å². The normalized spacial score (nSPS) is 35.2. The van der Waals surface area contributed by atoms with Crippen LogP contribution in [0.3, 0.4) is 0 Å². The van der Waals surface area contributed by atoms with Gasteiger partial charge in [0.05, 0.1) is 30.3 Å². The van der Waals surface area contributed by atoms with Crippen molar-refractivity contribution in [3.63, 3.8) is 0 Å². The average molecular weight is 593 g/mol. The second-order valence-electron chi connectivity index (χ2n) is 9.54. The van der Waals surface area contributed by atoms with Crippen LogP contribution in [0.25, 0.3) is 0 Å². The van der Waals surface area contributed by atoms with Crippen molar-refractivity contribution in [2.24, 2.45) is 0 Å². The molecule has 2 fully saturated rings. The zero-order chi connectivity index (χ0) is 30.6. The molecule has 3 rings (SSSR count). The number of ether oxygens (including phenoxy) is 4. The highest BCUT2D eigenvalue weighted by Gasteiger charge is 2.59. The summed E-state index contributed by atoms with van der Waals surface area (Å²) in [5.74, 6) is -5.61. The third-order valence-corrected chi connectivity index (χ3v) is 6.63. The van der Waals surface area contributed by atoms with Gasteiger partial charge in [0.25, 0.3) is 11.5 Å². The maximum Gasteiger partial charge on any atom is 0.364 e. The standard InChI is InChI=1S/C23H32N2O16/c1-9(28)24-15-12(29)6-23(22(34)35,40-19(15)16(31)13(30)7-26)41-20-17(32)14(8-27)39-21(18(20)33)38-11-4-2-10(3-5-11)25(36)37/h2-5,12-21,26-27,29-33H,6-8H2,1H3,(H,24,28)(H,34,35)/t12-,13-,14?,15-,16-,17+,18?,19?,20?,21-,23+/m1/s1. The van der Waals surface area contributed by atoms with Crippen LogP contribution in [0.15, 0.2) is 24.3 Å². The molecule has 1 aromatic rings. The Morgan fingerprint density at radius 2 is 1.80 bits per heavy atom. The lowest BCUT2D eigenvalue weighted by atomic mass is 9.88. The minimum Gasteiger partial charge on any atom is -0.477 e. The van der Waals surface area contributed by atoms with E-state index in [4.69, 9.17) is 18.9 Å². The maximum absolute atomic E-state index is 12.5. The van der Waals surface area contributed by atoms with E-state index in [9.17, 15) is 60.6 Å². The number of carbonyl (C=O) groups excluding carboxylic acids is 1. The van der Waals surface area contributed by atoms with Crippen molar-refractivity contribution in [2.45, 2.75) is 80.3 Å². The molecule has 1 aromatic carbocycles. The topological polar surface area (TPSA) is 288 Å². The maximum atomic E-state index is 12.5. The Labute approximate surface area is 231 Å². The smallest absolute Gasteiger partial charge is 0.364 e. The molecule has 0 radical (unpaired) electrons. The molecule has 18 heteroatoms. The van der Waals surface area contributed by atoms with Gasteiger partial charge >= 0.3 is 5.97 Å². The summed E-state index contributed by atoms with van der Waals surface area (Å²) in [7, 11) is 0. The SMILES string of the molecule is CC(=O)N[C@H]1C([C@H](O)[C@H](O)CO)O[C@@](OC2C(O)[C@H](Oc3ccc([N+](=O)[O-])cc3)OC(CO)[C@@H]2O)(C(=O)O)C[C@H]1O. The van der Waals surface area contributed by atoms with Crippen molar-refractivity contribution >= 4 is 17.6 Å². The van der Waals surface area contributed by atoms with Gasteiger partial charge in [-0.1, -0.05) is 0 Å². The van der Waals surface area contributed by atoms with Gasteiger partial charge in [-0.05, 0) is 12.1 Å². The fourth-order valence-electron chi connectivity index (χ4n) is 4.54. The predicted molar refractivity (Wildman–Crippen MR) is 129 cm³/mol. The van der Waals surface area contributed by atoms with Crippen molar-refractivity contribution in [3.8, 4) is 5.75 Å². The number of aliphatic hydroxyl groups excluding tert-OH is 7. The zero-order valence-electron chi connectivity index (χ0n) is 21.5. The fraction of sp³-hybridized carbons (Fsp3) is 0.652. The summed E-state index contributed by atoms with van der Waals surface area (Å²) in [6.45, 7) is -0.822. The Bertz CT molecular complexity index is 1070. The van der Waals surface area contributed by atoms with Crippen molar-refractivity contribution in [3.05, 3.63) is 34.4 Å². The summed E-state index contributed by atoms with van der Waals surface area (Å²) in [5.41, 5.74) is -0.274. The molecule has 41 heavy (non-hydrogen) atoms. The second-order valence-corrected chi connectivity index (χ2v) is 9.54. The molecule has 1 amide bonds. The molecular formula is C23H32N2O16. The van der Waals surface area contributed by atoms with Gasteiger partial charge in [-0.3, -0.25) is 14.9 Å². The molecule has 0 aromatic heterocycles. The Hall–Kier alpha value is -3.04. The Morgan fingerprint density at radius 1 is 1.17 bits per heavy atom. The Balaban J connectivity index is 1.93. The summed E-state index contributed by atoms with van der Waals surface area (Å²) >= 11 is 0. The van der Waals surface area contributed by atoms with Crippen LogP contribution < -0.4 is 10.1 Å². The highest BCUT2D eigenvalue weighted by Crippen LogP contribution is 2.37. The van der Waals surface area contributed by atoms with E-state index in [0.29, 0.717) is 0 Å². The van der Waals surface area contributed by atoms with Crippen LogP contribution in [0.1, 0.15) is 13.3 Å². The third kappa shape index (κ3) is 7.07. The van der Waals surface area contributed by atoms with Gasteiger partial charge in [-0.25, -0.2) is 4.79 Å². The van der Waals surface area contributed by atoms with Gasteiger partial charge in [0.15, 0.2) is 0 Å². The summed E-state index contributed by atoms with van der Waals surface area (Å²) < 4.78 is 21.9. The molecule has 2 aliphatic heterocycles. The van der Waals surface area contributed by atoms with Crippen molar-refractivity contribution in [2.75, 3.05) is 13.2 Å². The molecule has 2 saturated heterocycles. The Kier molecular flexibility index (Phi) is 10.5. The minimum atomic E-state index is -2.93. The third-order valence-electron chi connectivity index (χ3n) is 6.63. The number of nitrogens with zero attached hydrogens (tertiary/aromatic N) is 1. The number of nitro groups is 1. The molecule has 0 saturated carbocycles. The lowest BCUT2D eigenvalue weighted by Gasteiger charge is -2.49. The first-order chi connectivity index (χ1) is 19.2. The number of nitro benzene ring substituents is 1. The van der Waals surface area contributed by atoms with E-state index in [1.165, 1.54) is 12.1 Å². The zero-order valence-corrected chi connectivity index (χ0v) is 21.5. The largest absolute Gasteiger partial charge is 0.477 e. The van der Waals surface area contributed by atoms with Gasteiger partial charge in [0.2, 0.25) is 12.2 Å². The highest BCUT2D eigenvalue weighted by molar-refractivity contribution is 5.76. The molecule has 4 unspecified atom stereocenters. The summed E-state index contributed by atoms with van der Waals surface area (Å²) in [5, 5.41) is 95.3. The number of amides is 1. The number of hydrogen-bond donors (Lipinski definition) is 9. The number of aliphatic hydroxyl groups is 7. The van der Waals surface area contributed by atoms with Crippen LogP contribution in [-0.2, 0) is 23.8 Å². The highest BCUT2D eigenvalue weighted by atomic mass is 16.8. The van der Waals surface area contributed by atoms with Crippen LogP contribution in [0, 0.1) is 10.1 Å². The number of hydrogen-bond acceptors (Lipinski definition) is 15. The van der Waals surface area contributed by atoms with E-state index >= 15 is 0 Å². The van der Waals surface area contributed by atoms with E-state index < -0.39 is 103 Å². The van der Waals surface area contributed by atoms with Crippen LogP contribution in [0.4, 0.5) is 5.69 Å². The first-order valence-corrected chi connectivity index (χ1v) is 12.3. The van der Waals surface area contributed by atoms with E-state index in [1.807, 2.05) is 0 Å². The van der Waals surface area contributed by atoms with Crippen molar-refractivity contribution in [1.29, 1.82) is 0 Å². The van der Waals surface area contributed by atoms with E-state index in [1.54, 1.807) is 0 Å². The molecule has 18 nitrogen and oxygen atoms in total. The monoisotopic (exact) mass is 592 g/mol. The molecular weight excluding hydrogens is 560 g/mol. The molecule has 230 valence electrons. The first-order valence-electron chi connectivity index (χ1n) is 12.3.